The van der Waals surface area contributed by atoms with Crippen LogP contribution in [0.3, 0.4) is 0 Å². The predicted molar refractivity (Wildman–Crippen MR) is 128 cm³/mol. The zero-order valence-corrected chi connectivity index (χ0v) is 21.1. The Morgan fingerprint density at radius 2 is 0.969 bits per heavy atom. The Balaban J connectivity index is 4.96. The van der Waals surface area contributed by atoms with Crippen LogP contribution in [0.1, 0.15) is 53.4 Å². The van der Waals surface area contributed by atoms with Gasteiger partial charge >= 0.3 is 17.9 Å². The average Bonchev–Trinajstić information content (AvgIpc) is 2.76. The molecule has 0 atom stereocenters. The van der Waals surface area contributed by atoms with E-state index in [1.54, 1.807) is 39.0 Å². The van der Waals surface area contributed by atoms with Gasteiger partial charge in [0.25, 0.3) is 0 Å². The number of hydrogen-bond donors (Lipinski definition) is 0. The van der Waals surface area contributed by atoms with Crippen LogP contribution < -0.4 is 0 Å². The van der Waals surface area contributed by atoms with E-state index < -0.39 is 8.32 Å². The van der Waals surface area contributed by atoms with Crippen LogP contribution >= 0.6 is 0 Å². The topological polar surface area (TPSA) is 88.1 Å². The molecule has 0 saturated carbocycles. The van der Waals surface area contributed by atoms with Crippen molar-refractivity contribution in [2.45, 2.75) is 71.5 Å². The van der Waals surface area contributed by atoms with E-state index in [1.807, 2.05) is 0 Å². The van der Waals surface area contributed by atoms with Crippen molar-refractivity contribution in [2.75, 3.05) is 26.4 Å². The maximum atomic E-state index is 11.6. The molecule has 0 aromatic rings. The van der Waals surface area contributed by atoms with Crippen molar-refractivity contribution in [3.8, 4) is 0 Å². The summed E-state index contributed by atoms with van der Waals surface area (Å²) in [5.41, 5.74) is 0. The van der Waals surface area contributed by atoms with Crippen molar-refractivity contribution in [3.63, 3.8) is 0 Å². The Bertz CT molecular complexity index is 547. The van der Waals surface area contributed by atoms with Gasteiger partial charge in [-0.1, -0.05) is 25.2 Å². The van der Waals surface area contributed by atoms with Crippen molar-refractivity contribution in [1.82, 2.24) is 0 Å². The lowest BCUT2D eigenvalue weighted by molar-refractivity contribution is -0.138. The summed E-state index contributed by atoms with van der Waals surface area (Å²) in [6, 6.07) is 2.46. The lowest BCUT2D eigenvalue weighted by Crippen LogP contribution is -2.39. The minimum absolute atomic E-state index is 0.333. The Hall–Kier alpha value is -2.19. The molecular formula is C24H40O7Si. The number of carbonyl (C=O) groups is 3. The Morgan fingerprint density at radius 3 is 1.25 bits per heavy atom. The minimum Gasteiger partial charge on any atom is -0.463 e. The number of ether oxygens (including phenoxy) is 3. The van der Waals surface area contributed by atoms with Crippen LogP contribution in [0.2, 0.25) is 18.1 Å². The summed E-state index contributed by atoms with van der Waals surface area (Å²) in [6.45, 7) is 9.02. The van der Waals surface area contributed by atoms with E-state index in [4.69, 9.17) is 18.6 Å². The van der Waals surface area contributed by atoms with E-state index in [9.17, 15) is 14.4 Å². The highest BCUT2D eigenvalue weighted by atomic mass is 28.4. The molecule has 0 bridgehead atoms. The number of carbonyl (C=O) groups excluding carboxylic acids is 3. The van der Waals surface area contributed by atoms with Gasteiger partial charge in [-0.05, 0) is 64.6 Å². The number of allylic oxidation sites excluding steroid dienone is 3. The SMILES string of the molecule is CC=CC(=O)OCCC[Si](CCCOC(=O)C=CC)(CCCOC(=O)C=CC)OCCC. The maximum Gasteiger partial charge on any atom is 0.330 e. The second-order valence-corrected chi connectivity index (χ2v) is 11.5. The molecule has 0 aliphatic heterocycles. The average molecular weight is 469 g/mol. The molecule has 0 aliphatic rings. The first-order valence-corrected chi connectivity index (χ1v) is 14.0. The van der Waals surface area contributed by atoms with E-state index in [2.05, 4.69) is 6.92 Å². The van der Waals surface area contributed by atoms with Crippen LogP contribution in [0.5, 0.6) is 0 Å². The molecule has 0 fully saturated rings. The summed E-state index contributed by atoms with van der Waals surface area (Å²) in [7, 11) is -2.22. The summed E-state index contributed by atoms with van der Waals surface area (Å²) in [5, 5.41) is 0. The molecule has 32 heavy (non-hydrogen) atoms. The molecule has 0 amide bonds. The maximum absolute atomic E-state index is 11.6. The van der Waals surface area contributed by atoms with Crippen LogP contribution in [0.15, 0.2) is 36.5 Å². The molecule has 182 valence electrons. The van der Waals surface area contributed by atoms with Gasteiger partial charge in [-0.2, -0.15) is 0 Å². The third-order valence-corrected chi connectivity index (χ3v) is 9.19. The Labute approximate surface area is 194 Å². The molecule has 0 N–H and O–H groups in total. The molecule has 0 unspecified atom stereocenters. The second-order valence-electron chi connectivity index (χ2n) is 7.34. The summed E-state index contributed by atoms with van der Waals surface area (Å²) < 4.78 is 22.1. The fraction of sp³-hybridized carbons (Fsp3) is 0.625. The van der Waals surface area contributed by atoms with Crippen molar-refractivity contribution in [1.29, 1.82) is 0 Å². The quantitative estimate of drug-likeness (QED) is 0.0930. The van der Waals surface area contributed by atoms with E-state index >= 15 is 0 Å². The van der Waals surface area contributed by atoms with Crippen LogP contribution in [0.4, 0.5) is 0 Å². The molecule has 0 aromatic carbocycles. The Kier molecular flexibility index (Phi) is 18.2. The molecule has 8 heteroatoms. The van der Waals surface area contributed by atoms with Gasteiger partial charge in [0.05, 0.1) is 19.8 Å². The number of esters is 3. The van der Waals surface area contributed by atoms with Gasteiger partial charge in [-0.25, -0.2) is 14.4 Å². The van der Waals surface area contributed by atoms with Gasteiger partial charge < -0.3 is 18.6 Å². The van der Waals surface area contributed by atoms with Gasteiger partial charge in [0.2, 0.25) is 0 Å². The first kappa shape index (κ1) is 29.8. The van der Waals surface area contributed by atoms with Crippen LogP contribution in [0.25, 0.3) is 0 Å². The van der Waals surface area contributed by atoms with Crippen molar-refractivity contribution in [3.05, 3.63) is 36.5 Å². The van der Waals surface area contributed by atoms with E-state index in [0.29, 0.717) is 45.7 Å². The summed E-state index contributed by atoms with van der Waals surface area (Å²) in [6.07, 6.45) is 12.2. The lowest BCUT2D eigenvalue weighted by Gasteiger charge is -2.32. The zero-order valence-electron chi connectivity index (χ0n) is 20.1. The first-order chi connectivity index (χ1) is 15.4. The highest BCUT2D eigenvalue weighted by Crippen LogP contribution is 2.28. The molecule has 0 saturated heterocycles. The third-order valence-electron chi connectivity index (χ3n) is 4.58. The van der Waals surface area contributed by atoms with Crippen LogP contribution in [-0.2, 0) is 33.0 Å². The van der Waals surface area contributed by atoms with E-state index in [-0.39, 0.29) is 17.9 Å². The molecule has 0 heterocycles. The summed E-state index contributed by atoms with van der Waals surface area (Å²) in [4.78, 5) is 34.7. The van der Waals surface area contributed by atoms with Gasteiger partial charge in [0.1, 0.15) is 0 Å². The van der Waals surface area contributed by atoms with Crippen LogP contribution in [0, 0.1) is 0 Å². The predicted octanol–water partition coefficient (Wildman–Crippen LogP) is 4.89. The molecular weight excluding hydrogens is 428 g/mol. The standard InChI is InChI=1S/C24H40O7Si/c1-5-12-22(25)28-16-9-19-32(31-15-8-4,20-10-17-29-23(26)13-6-2)21-11-18-30-24(27)14-7-3/h5-7,12-14H,8-11,15-21H2,1-4H3. The molecule has 0 rings (SSSR count). The highest BCUT2D eigenvalue weighted by molar-refractivity contribution is 6.73. The largest absolute Gasteiger partial charge is 0.463 e. The molecule has 7 nitrogen and oxygen atoms in total. The van der Waals surface area contributed by atoms with Gasteiger partial charge in [-0.3, -0.25) is 0 Å². The molecule has 0 aliphatic carbocycles. The normalized spacial score (nSPS) is 13.5. The van der Waals surface area contributed by atoms with Crippen LogP contribution in [-0.4, -0.2) is 52.7 Å². The molecule has 0 aromatic heterocycles. The molecule has 0 radical (unpaired) electrons. The number of rotatable bonds is 18. The van der Waals surface area contributed by atoms with Gasteiger partial charge in [-0.15, -0.1) is 0 Å². The van der Waals surface area contributed by atoms with Gasteiger partial charge in [0, 0.05) is 24.8 Å². The summed E-state index contributed by atoms with van der Waals surface area (Å²) in [5.74, 6) is -1.04. The fourth-order valence-electron chi connectivity index (χ4n) is 3.16. The third kappa shape index (κ3) is 15.6. The zero-order chi connectivity index (χ0) is 24.1. The lowest BCUT2D eigenvalue weighted by atomic mass is 10.5. The Morgan fingerprint density at radius 1 is 0.625 bits per heavy atom. The van der Waals surface area contributed by atoms with Gasteiger partial charge in [0.15, 0.2) is 8.32 Å². The van der Waals surface area contributed by atoms with Crippen molar-refractivity contribution >= 4 is 26.2 Å². The minimum atomic E-state index is -2.22. The second kappa shape index (κ2) is 19.5. The van der Waals surface area contributed by atoms with Crippen molar-refractivity contribution < 1.29 is 33.0 Å². The first-order valence-electron chi connectivity index (χ1n) is 11.4. The summed E-state index contributed by atoms with van der Waals surface area (Å²) >= 11 is 0. The number of hydrogen-bond acceptors (Lipinski definition) is 7. The molecule has 0 spiro atoms. The monoisotopic (exact) mass is 468 g/mol. The van der Waals surface area contributed by atoms with E-state index in [1.165, 1.54) is 18.2 Å². The highest BCUT2D eigenvalue weighted by Gasteiger charge is 2.34. The fourth-order valence-corrected chi connectivity index (χ4v) is 7.35. The van der Waals surface area contributed by atoms with E-state index in [0.717, 1.165) is 24.6 Å². The smallest absolute Gasteiger partial charge is 0.330 e. The van der Waals surface area contributed by atoms with Crippen molar-refractivity contribution in [2.24, 2.45) is 0 Å².